The number of amides is 1. The Balaban J connectivity index is 1.81. The van der Waals surface area contributed by atoms with Crippen LogP contribution in [-0.2, 0) is 33.7 Å². The fraction of sp³-hybridized carbons (Fsp3) is 0.394. The van der Waals surface area contributed by atoms with Gasteiger partial charge in [0, 0.05) is 16.8 Å². The molecule has 2 heterocycles. The molecule has 8 heteroatoms. The van der Waals surface area contributed by atoms with Gasteiger partial charge in [0.1, 0.15) is 5.82 Å². The summed E-state index contributed by atoms with van der Waals surface area (Å²) in [4.78, 5) is 27.7. The van der Waals surface area contributed by atoms with Crippen molar-refractivity contribution >= 4 is 17.6 Å². The lowest BCUT2D eigenvalue weighted by molar-refractivity contribution is -0.160. The second-order valence-electron chi connectivity index (χ2n) is 11.9. The summed E-state index contributed by atoms with van der Waals surface area (Å²) in [6.07, 6.45) is 0.0490. The van der Waals surface area contributed by atoms with E-state index in [2.05, 4.69) is 0 Å². The first-order valence-electron chi connectivity index (χ1n) is 13.8. The van der Waals surface area contributed by atoms with Crippen molar-refractivity contribution in [3.05, 3.63) is 80.9 Å². The Labute approximate surface area is 238 Å². The molecular formula is C33H35F2NO5. The number of ether oxygens (including phenoxy) is 2. The fourth-order valence-electron chi connectivity index (χ4n) is 6.16. The summed E-state index contributed by atoms with van der Waals surface area (Å²) in [5.74, 6) is -2.10. The third-order valence-corrected chi connectivity index (χ3v) is 8.05. The molecule has 0 fully saturated rings. The van der Waals surface area contributed by atoms with Gasteiger partial charge in [-0.05, 0) is 118 Å². The Kier molecular flexibility index (Phi) is 7.40. The van der Waals surface area contributed by atoms with Crippen molar-refractivity contribution in [3.63, 3.8) is 0 Å². The first-order chi connectivity index (χ1) is 19.3. The Morgan fingerprint density at radius 3 is 2.44 bits per heavy atom. The highest BCUT2D eigenvalue weighted by atomic mass is 19.1. The summed E-state index contributed by atoms with van der Waals surface area (Å²) < 4.78 is 41.4. The average Bonchev–Trinajstić information content (AvgIpc) is 2.91. The molecule has 0 radical (unpaired) electrons. The van der Waals surface area contributed by atoms with Gasteiger partial charge in [-0.15, -0.1) is 0 Å². The summed E-state index contributed by atoms with van der Waals surface area (Å²) in [5.41, 5.74) is 5.71. The molecule has 0 bridgehead atoms. The number of benzene rings is 3. The van der Waals surface area contributed by atoms with Crippen molar-refractivity contribution in [1.82, 2.24) is 0 Å². The number of carboxylic acid groups (broad SMARTS) is 1. The highest BCUT2D eigenvalue weighted by Crippen LogP contribution is 2.46. The van der Waals surface area contributed by atoms with Gasteiger partial charge in [-0.1, -0.05) is 6.07 Å². The quantitative estimate of drug-likeness (QED) is 0.365. The molecule has 6 nitrogen and oxygen atoms in total. The van der Waals surface area contributed by atoms with E-state index in [-0.39, 0.29) is 24.6 Å². The van der Waals surface area contributed by atoms with Crippen LogP contribution in [0.25, 0.3) is 11.1 Å². The van der Waals surface area contributed by atoms with E-state index < -0.39 is 29.3 Å². The molecule has 216 valence electrons. The van der Waals surface area contributed by atoms with Crippen molar-refractivity contribution in [2.45, 2.75) is 79.1 Å². The van der Waals surface area contributed by atoms with Gasteiger partial charge < -0.3 is 19.5 Å². The van der Waals surface area contributed by atoms with Gasteiger partial charge in [-0.3, -0.25) is 4.79 Å². The van der Waals surface area contributed by atoms with Crippen molar-refractivity contribution in [2.24, 2.45) is 0 Å². The number of halogens is 2. The molecule has 0 spiro atoms. The largest absolute Gasteiger partial charge is 0.490 e. The van der Waals surface area contributed by atoms with Crippen LogP contribution in [-0.4, -0.2) is 29.2 Å². The van der Waals surface area contributed by atoms with Crippen LogP contribution in [0.5, 0.6) is 5.75 Å². The third kappa shape index (κ3) is 5.21. The highest BCUT2D eigenvalue weighted by molar-refractivity contribution is 5.98. The first-order valence-corrected chi connectivity index (χ1v) is 13.8. The van der Waals surface area contributed by atoms with Gasteiger partial charge >= 0.3 is 5.97 Å². The van der Waals surface area contributed by atoms with E-state index in [1.807, 2.05) is 13.8 Å². The molecule has 1 amide bonds. The van der Waals surface area contributed by atoms with Crippen LogP contribution in [0.4, 0.5) is 14.5 Å². The Bertz CT molecular complexity index is 1570. The lowest BCUT2D eigenvalue weighted by Gasteiger charge is -2.36. The minimum absolute atomic E-state index is 0.0129. The highest BCUT2D eigenvalue weighted by Gasteiger charge is 2.37. The Morgan fingerprint density at radius 2 is 1.78 bits per heavy atom. The maximum Gasteiger partial charge on any atom is 0.337 e. The summed E-state index contributed by atoms with van der Waals surface area (Å²) in [6, 6.07) is 7.31. The number of nitrogens with zero attached hydrogens (tertiary/aromatic N) is 1. The standard InChI is InChI=1S/C33H35F2NO5/c1-17-22-11-8-12-40-30(22)26(35)14-24(17)28-19(3)25-16-36(21-10-7-9-20(34)13-21)27(37)15-23(25)18(2)29(28)31(32(38)39)41-33(4,5)6/h7,9-10,13-14,31H,8,11-12,15-16H2,1-6H3,(H,38,39)/t31-/m0/s1. The first kappa shape index (κ1) is 28.7. The predicted molar refractivity (Wildman–Crippen MR) is 152 cm³/mol. The van der Waals surface area contributed by atoms with Crippen molar-refractivity contribution in [3.8, 4) is 16.9 Å². The van der Waals surface area contributed by atoms with Crippen LogP contribution in [0.3, 0.4) is 0 Å². The van der Waals surface area contributed by atoms with Gasteiger partial charge in [-0.25, -0.2) is 13.6 Å². The number of fused-ring (bicyclic) bond motifs is 2. The summed E-state index contributed by atoms with van der Waals surface area (Å²) in [6.45, 7) is 11.5. The van der Waals surface area contributed by atoms with E-state index in [0.717, 1.165) is 34.2 Å². The molecule has 0 aliphatic carbocycles. The van der Waals surface area contributed by atoms with Gasteiger partial charge in [0.05, 0.1) is 25.2 Å². The van der Waals surface area contributed by atoms with Crippen LogP contribution >= 0.6 is 0 Å². The molecule has 3 aromatic carbocycles. The normalized spacial score (nSPS) is 15.7. The molecule has 41 heavy (non-hydrogen) atoms. The molecule has 1 atom stereocenters. The van der Waals surface area contributed by atoms with E-state index in [1.165, 1.54) is 23.1 Å². The molecule has 0 saturated carbocycles. The number of carbonyl (C=O) groups is 2. The van der Waals surface area contributed by atoms with E-state index in [9.17, 15) is 19.1 Å². The zero-order valence-corrected chi connectivity index (χ0v) is 24.3. The zero-order valence-electron chi connectivity index (χ0n) is 24.3. The third-order valence-electron chi connectivity index (χ3n) is 8.05. The number of anilines is 1. The number of hydrogen-bond donors (Lipinski definition) is 1. The van der Waals surface area contributed by atoms with Crippen molar-refractivity contribution in [2.75, 3.05) is 11.5 Å². The van der Waals surface area contributed by atoms with Gasteiger partial charge in [0.25, 0.3) is 0 Å². The average molecular weight is 564 g/mol. The number of carboxylic acids is 1. The SMILES string of the molecule is Cc1c(-c2c(C)c3c(c(C)c2[C@H](OC(C)(C)C)C(=O)O)CC(=O)N(c2cccc(F)c2)C3)cc(F)c2c1CCCO2. The van der Waals surface area contributed by atoms with Gasteiger partial charge in [0.15, 0.2) is 17.7 Å². The number of hydrogen-bond acceptors (Lipinski definition) is 4. The molecule has 1 N–H and O–H groups in total. The molecule has 0 aromatic heterocycles. The maximum absolute atomic E-state index is 15.5. The summed E-state index contributed by atoms with van der Waals surface area (Å²) in [5, 5.41) is 10.4. The van der Waals surface area contributed by atoms with Crippen LogP contribution < -0.4 is 9.64 Å². The second-order valence-corrected chi connectivity index (χ2v) is 11.9. The minimum atomic E-state index is -1.36. The molecule has 2 aliphatic heterocycles. The van der Waals surface area contributed by atoms with E-state index >= 15 is 4.39 Å². The van der Waals surface area contributed by atoms with Crippen molar-refractivity contribution < 1.29 is 33.0 Å². The molecule has 5 rings (SSSR count). The molecule has 2 aliphatic rings. The van der Waals surface area contributed by atoms with Crippen LogP contribution in [0.15, 0.2) is 30.3 Å². The molecule has 0 saturated heterocycles. The summed E-state index contributed by atoms with van der Waals surface area (Å²) >= 11 is 0. The number of rotatable bonds is 5. The Morgan fingerprint density at radius 1 is 1.05 bits per heavy atom. The van der Waals surface area contributed by atoms with Crippen LogP contribution in [0, 0.1) is 32.4 Å². The van der Waals surface area contributed by atoms with Crippen LogP contribution in [0.1, 0.15) is 72.2 Å². The van der Waals surface area contributed by atoms with E-state index in [0.29, 0.717) is 41.0 Å². The molecular weight excluding hydrogens is 528 g/mol. The van der Waals surface area contributed by atoms with Gasteiger partial charge in [0.2, 0.25) is 5.91 Å². The summed E-state index contributed by atoms with van der Waals surface area (Å²) in [7, 11) is 0. The Hall–Kier alpha value is -3.78. The van der Waals surface area contributed by atoms with E-state index in [1.54, 1.807) is 39.8 Å². The van der Waals surface area contributed by atoms with Crippen molar-refractivity contribution in [1.29, 1.82) is 0 Å². The molecule has 3 aromatic rings. The smallest absolute Gasteiger partial charge is 0.337 e. The minimum Gasteiger partial charge on any atom is -0.490 e. The lowest BCUT2D eigenvalue weighted by Crippen LogP contribution is -2.38. The van der Waals surface area contributed by atoms with Gasteiger partial charge in [-0.2, -0.15) is 0 Å². The van der Waals surface area contributed by atoms with E-state index in [4.69, 9.17) is 9.47 Å². The molecule has 0 unspecified atom stereocenters. The maximum atomic E-state index is 15.5. The fourth-order valence-corrected chi connectivity index (χ4v) is 6.16. The van der Waals surface area contributed by atoms with Crippen LogP contribution in [0.2, 0.25) is 0 Å². The predicted octanol–water partition coefficient (Wildman–Crippen LogP) is 6.91. The second kappa shape index (κ2) is 10.6. The lowest BCUT2D eigenvalue weighted by atomic mass is 9.78. The number of aliphatic carboxylic acids is 1. The monoisotopic (exact) mass is 563 g/mol. The zero-order chi connectivity index (χ0) is 29.8. The topological polar surface area (TPSA) is 76.1 Å². The number of carbonyl (C=O) groups excluding carboxylic acids is 1.